The van der Waals surface area contributed by atoms with E-state index in [2.05, 4.69) is 41.8 Å². The van der Waals surface area contributed by atoms with Crippen molar-refractivity contribution in [3.8, 4) is 11.5 Å². The summed E-state index contributed by atoms with van der Waals surface area (Å²) in [5.41, 5.74) is 5.57. The fraction of sp³-hybridized carbons (Fsp3) is 0.263. The molecule has 2 aromatic rings. The van der Waals surface area contributed by atoms with Crippen molar-refractivity contribution in [3.05, 3.63) is 52.5 Å². The molecule has 0 bridgehead atoms. The van der Waals surface area contributed by atoms with Crippen LogP contribution in [-0.2, 0) is 0 Å². The maximum absolute atomic E-state index is 9.84. The van der Waals surface area contributed by atoms with Gasteiger partial charge in [0.05, 0.1) is 17.8 Å². The third kappa shape index (κ3) is 5.61. The lowest BCUT2D eigenvalue weighted by molar-refractivity contribution is 0.318. The number of anilines is 1. The van der Waals surface area contributed by atoms with E-state index in [-0.39, 0.29) is 10.8 Å². The zero-order chi connectivity index (χ0) is 19.1. The molecule has 0 fully saturated rings. The molecule has 2 rings (SSSR count). The van der Waals surface area contributed by atoms with Crippen LogP contribution in [0, 0.1) is 0 Å². The Balaban J connectivity index is 1.96. The molecular formula is C19H22ClN3O2S. The van der Waals surface area contributed by atoms with Crippen LogP contribution < -0.4 is 15.5 Å². The van der Waals surface area contributed by atoms with Gasteiger partial charge in [-0.1, -0.05) is 37.6 Å². The molecule has 0 aromatic heterocycles. The number of hydrogen-bond acceptors (Lipinski definition) is 4. The molecule has 138 valence electrons. The first-order chi connectivity index (χ1) is 12.4. The zero-order valence-corrected chi connectivity index (χ0v) is 16.5. The summed E-state index contributed by atoms with van der Waals surface area (Å²) in [6.45, 7) is 6.55. The topological polar surface area (TPSA) is 65.9 Å². The van der Waals surface area contributed by atoms with E-state index in [1.807, 2.05) is 19.1 Å². The molecule has 0 saturated carbocycles. The third-order valence-electron chi connectivity index (χ3n) is 3.57. The second-order valence-corrected chi connectivity index (χ2v) is 6.70. The van der Waals surface area contributed by atoms with Gasteiger partial charge in [-0.2, -0.15) is 5.10 Å². The van der Waals surface area contributed by atoms with E-state index in [1.165, 1.54) is 5.56 Å². The normalized spacial score (nSPS) is 11.0. The number of nitrogens with one attached hydrogen (secondary N) is 2. The van der Waals surface area contributed by atoms with E-state index in [4.69, 9.17) is 28.6 Å². The molecule has 0 radical (unpaired) electrons. The number of aromatic hydroxyl groups is 1. The van der Waals surface area contributed by atoms with Gasteiger partial charge in [0.15, 0.2) is 16.6 Å². The number of hydrazone groups is 1. The summed E-state index contributed by atoms with van der Waals surface area (Å²) in [6, 6.07) is 11.3. The van der Waals surface area contributed by atoms with Crippen LogP contribution in [0.1, 0.15) is 37.8 Å². The Morgan fingerprint density at radius 3 is 2.62 bits per heavy atom. The van der Waals surface area contributed by atoms with Crippen molar-refractivity contribution in [2.75, 3.05) is 11.9 Å². The van der Waals surface area contributed by atoms with Crippen molar-refractivity contribution in [3.63, 3.8) is 0 Å². The van der Waals surface area contributed by atoms with E-state index in [9.17, 15) is 5.11 Å². The summed E-state index contributed by atoms with van der Waals surface area (Å²) in [5, 5.41) is 17.5. The summed E-state index contributed by atoms with van der Waals surface area (Å²) in [4.78, 5) is 0. The van der Waals surface area contributed by atoms with Crippen LogP contribution in [0.15, 0.2) is 41.5 Å². The van der Waals surface area contributed by atoms with Gasteiger partial charge >= 0.3 is 0 Å². The largest absolute Gasteiger partial charge is 0.503 e. The summed E-state index contributed by atoms with van der Waals surface area (Å²) in [6.07, 6.45) is 1.55. The lowest BCUT2D eigenvalue weighted by Crippen LogP contribution is -2.23. The number of rotatable bonds is 6. The predicted molar refractivity (Wildman–Crippen MR) is 112 cm³/mol. The quantitative estimate of drug-likeness (QED) is 0.371. The predicted octanol–water partition coefficient (Wildman–Crippen LogP) is 4.89. The molecule has 0 saturated heterocycles. The van der Waals surface area contributed by atoms with Gasteiger partial charge in [-0.3, -0.25) is 5.43 Å². The van der Waals surface area contributed by atoms with Gasteiger partial charge in [0.1, 0.15) is 0 Å². The van der Waals surface area contributed by atoms with E-state index in [0.29, 0.717) is 29.0 Å². The number of thiocarbonyl (C=S) groups is 1. The molecule has 0 amide bonds. The van der Waals surface area contributed by atoms with Gasteiger partial charge in [0.2, 0.25) is 0 Å². The first kappa shape index (κ1) is 20.0. The Morgan fingerprint density at radius 1 is 1.31 bits per heavy atom. The first-order valence-corrected chi connectivity index (χ1v) is 9.04. The molecule has 26 heavy (non-hydrogen) atoms. The van der Waals surface area contributed by atoms with Crippen LogP contribution in [0.3, 0.4) is 0 Å². The van der Waals surface area contributed by atoms with Gasteiger partial charge in [0, 0.05) is 5.69 Å². The smallest absolute Gasteiger partial charge is 0.191 e. The van der Waals surface area contributed by atoms with Crippen molar-refractivity contribution in [1.29, 1.82) is 0 Å². The van der Waals surface area contributed by atoms with Gasteiger partial charge in [0.25, 0.3) is 0 Å². The van der Waals surface area contributed by atoms with Crippen molar-refractivity contribution in [2.24, 2.45) is 5.10 Å². The standard InChI is InChI=1S/C19H22ClN3O2S/c1-4-25-17-10-13(9-16(20)18(17)24)11-21-23-19(26)22-15-7-5-14(6-8-15)12(2)3/h5-12,24H,4H2,1-3H3,(H2,22,23,26)/b21-11+. The number of hydrogen-bond donors (Lipinski definition) is 3. The van der Waals surface area contributed by atoms with Gasteiger partial charge < -0.3 is 15.2 Å². The molecule has 0 aliphatic rings. The number of ether oxygens (including phenoxy) is 1. The molecule has 0 unspecified atom stereocenters. The van der Waals surface area contributed by atoms with Gasteiger partial charge in [-0.05, 0) is 60.5 Å². The second kappa shape index (κ2) is 9.40. The molecule has 0 heterocycles. The van der Waals surface area contributed by atoms with E-state index in [1.54, 1.807) is 18.3 Å². The summed E-state index contributed by atoms with van der Waals surface area (Å²) in [7, 11) is 0. The highest BCUT2D eigenvalue weighted by Crippen LogP contribution is 2.34. The van der Waals surface area contributed by atoms with Crippen molar-refractivity contribution in [2.45, 2.75) is 26.7 Å². The van der Waals surface area contributed by atoms with Crippen LogP contribution >= 0.6 is 23.8 Å². The van der Waals surface area contributed by atoms with Crippen LogP contribution in [0.2, 0.25) is 5.02 Å². The van der Waals surface area contributed by atoms with E-state index in [0.717, 1.165) is 5.69 Å². The Kier molecular flexibility index (Phi) is 7.24. The molecule has 0 atom stereocenters. The Bertz CT molecular complexity index is 792. The molecule has 7 heteroatoms. The monoisotopic (exact) mass is 391 g/mol. The van der Waals surface area contributed by atoms with Gasteiger partial charge in [-0.25, -0.2) is 0 Å². The van der Waals surface area contributed by atoms with Gasteiger partial charge in [-0.15, -0.1) is 0 Å². The minimum absolute atomic E-state index is 0.0827. The Morgan fingerprint density at radius 2 is 2.00 bits per heavy atom. The molecule has 0 aliphatic heterocycles. The number of nitrogens with zero attached hydrogens (tertiary/aromatic N) is 1. The molecule has 2 aromatic carbocycles. The van der Waals surface area contributed by atoms with Crippen LogP contribution in [-0.4, -0.2) is 23.0 Å². The fourth-order valence-corrected chi connectivity index (χ4v) is 2.60. The molecule has 0 spiro atoms. The van der Waals surface area contributed by atoms with Crippen LogP contribution in [0.25, 0.3) is 0 Å². The van der Waals surface area contributed by atoms with Crippen LogP contribution in [0.5, 0.6) is 11.5 Å². The summed E-state index contributed by atoms with van der Waals surface area (Å²) in [5.74, 6) is 0.713. The number of halogens is 1. The number of phenolic OH excluding ortho intramolecular Hbond substituents is 1. The van der Waals surface area contributed by atoms with Crippen molar-refractivity contribution in [1.82, 2.24) is 5.43 Å². The molecule has 0 aliphatic carbocycles. The van der Waals surface area contributed by atoms with E-state index < -0.39 is 0 Å². The molecule has 5 nitrogen and oxygen atoms in total. The fourth-order valence-electron chi connectivity index (χ4n) is 2.21. The Hall–Kier alpha value is -2.31. The second-order valence-electron chi connectivity index (χ2n) is 5.88. The Labute approximate surface area is 164 Å². The van der Waals surface area contributed by atoms with E-state index >= 15 is 0 Å². The third-order valence-corrected chi connectivity index (χ3v) is 4.05. The van der Waals surface area contributed by atoms with Crippen molar-refractivity contribution >= 4 is 40.8 Å². The first-order valence-electron chi connectivity index (χ1n) is 8.26. The SMILES string of the molecule is CCOc1cc(/C=N/NC(=S)Nc2ccc(C(C)C)cc2)cc(Cl)c1O. The maximum atomic E-state index is 9.84. The van der Waals surface area contributed by atoms with Crippen LogP contribution in [0.4, 0.5) is 5.69 Å². The molecular weight excluding hydrogens is 370 g/mol. The summed E-state index contributed by atoms with van der Waals surface area (Å²) < 4.78 is 5.34. The average Bonchev–Trinajstić information content (AvgIpc) is 2.60. The van der Waals surface area contributed by atoms with Crippen molar-refractivity contribution < 1.29 is 9.84 Å². The zero-order valence-electron chi connectivity index (χ0n) is 14.9. The highest BCUT2D eigenvalue weighted by Gasteiger charge is 2.08. The number of phenols is 1. The lowest BCUT2D eigenvalue weighted by atomic mass is 10.0. The average molecular weight is 392 g/mol. The highest BCUT2D eigenvalue weighted by atomic mass is 35.5. The maximum Gasteiger partial charge on any atom is 0.191 e. The molecule has 3 N–H and O–H groups in total. The minimum atomic E-state index is -0.0827. The minimum Gasteiger partial charge on any atom is -0.503 e. The highest BCUT2D eigenvalue weighted by molar-refractivity contribution is 7.80. The summed E-state index contributed by atoms with van der Waals surface area (Å²) >= 11 is 11.2. The number of benzene rings is 2. The lowest BCUT2D eigenvalue weighted by Gasteiger charge is -2.10.